The molecule has 1 aromatic rings. The molecule has 1 rings (SSSR count). The molecule has 0 saturated heterocycles. The number of carbonyl (C=O) groups is 2. The number of amides is 3. The highest BCUT2D eigenvalue weighted by Crippen LogP contribution is 2.25. The Kier molecular flexibility index (Phi) is 6.76. The molecule has 0 bridgehead atoms. The number of nitrogens with one attached hydrogen (secondary N) is 2. The van der Waals surface area contributed by atoms with Crippen LogP contribution in [0.5, 0.6) is 0 Å². The summed E-state index contributed by atoms with van der Waals surface area (Å²) in [5.74, 6) is 0.0876. The van der Waals surface area contributed by atoms with Crippen LogP contribution in [-0.2, 0) is 10.2 Å². The van der Waals surface area contributed by atoms with Crippen molar-refractivity contribution >= 4 is 11.9 Å². The highest BCUT2D eigenvalue weighted by atomic mass is 16.2. The zero-order valence-electron chi connectivity index (χ0n) is 15.1. The van der Waals surface area contributed by atoms with Gasteiger partial charge in [-0.15, -0.1) is 0 Å². The Balaban J connectivity index is 2.75. The van der Waals surface area contributed by atoms with Gasteiger partial charge in [0, 0.05) is 18.5 Å². The minimum absolute atomic E-state index is 0.128. The summed E-state index contributed by atoms with van der Waals surface area (Å²) in [5.41, 5.74) is 2.62. The minimum Gasteiger partial charge on any atom is -0.341 e. The number of hydrogen-bond acceptors (Lipinski definition) is 2. The number of hydrogen-bond donors (Lipinski definition) is 3. The zero-order valence-corrected chi connectivity index (χ0v) is 15.1. The largest absolute Gasteiger partial charge is 0.341 e. The molecule has 0 aliphatic rings. The van der Waals surface area contributed by atoms with Gasteiger partial charge in [-0.1, -0.05) is 58.9 Å². The van der Waals surface area contributed by atoms with Crippen molar-refractivity contribution < 1.29 is 14.9 Å². The van der Waals surface area contributed by atoms with Gasteiger partial charge >= 0.3 is 6.03 Å². The number of benzene rings is 1. The SMILES string of the molecule is CNC(=O)NC(=O)C[NH2+][C@@H](c1ccc(C(C)(C)C)cc1)C(C)C. The third-order valence-electron chi connectivity index (χ3n) is 3.92. The van der Waals surface area contributed by atoms with E-state index in [4.69, 9.17) is 0 Å². The van der Waals surface area contributed by atoms with E-state index >= 15 is 0 Å². The standard InChI is InChI=1S/C18H29N3O2/c1-12(2)16(20-11-15(22)21-17(23)19-6)13-7-9-14(10-8-13)18(3,4)5/h7-10,12,16,20H,11H2,1-6H3,(H2,19,21,22,23)/p+1/t16-/m1/s1. The Labute approximate surface area is 139 Å². The lowest BCUT2D eigenvalue weighted by Crippen LogP contribution is -2.88. The van der Waals surface area contributed by atoms with E-state index in [9.17, 15) is 9.59 Å². The van der Waals surface area contributed by atoms with Crippen LogP contribution in [0.2, 0.25) is 0 Å². The maximum atomic E-state index is 11.8. The molecule has 0 fully saturated rings. The second-order valence-electron chi connectivity index (χ2n) is 7.21. The van der Waals surface area contributed by atoms with Crippen LogP contribution in [0.4, 0.5) is 4.79 Å². The molecular weight excluding hydrogens is 290 g/mol. The molecule has 0 aliphatic carbocycles. The Bertz CT molecular complexity index is 530. The van der Waals surface area contributed by atoms with Crippen LogP contribution in [0.1, 0.15) is 51.8 Å². The van der Waals surface area contributed by atoms with Crippen molar-refractivity contribution in [2.75, 3.05) is 13.6 Å². The van der Waals surface area contributed by atoms with E-state index in [1.165, 1.54) is 18.2 Å². The number of urea groups is 1. The predicted octanol–water partition coefficient (Wildman–Crippen LogP) is 1.70. The molecular formula is C18H30N3O2+. The molecule has 5 heteroatoms. The summed E-state index contributed by atoms with van der Waals surface area (Å²) < 4.78 is 0. The van der Waals surface area contributed by atoms with E-state index < -0.39 is 6.03 Å². The molecule has 128 valence electrons. The minimum atomic E-state index is -0.473. The van der Waals surface area contributed by atoms with Crippen LogP contribution in [0.25, 0.3) is 0 Å². The van der Waals surface area contributed by atoms with Gasteiger partial charge in [0.25, 0.3) is 5.91 Å². The molecule has 1 aromatic carbocycles. The summed E-state index contributed by atoms with van der Waals surface area (Å²) in [6, 6.07) is 8.29. The average Bonchev–Trinajstić information content (AvgIpc) is 2.46. The van der Waals surface area contributed by atoms with Gasteiger partial charge in [0.05, 0.1) is 0 Å². The molecule has 0 heterocycles. The Morgan fingerprint density at radius 1 is 1.13 bits per heavy atom. The monoisotopic (exact) mass is 320 g/mol. The maximum Gasteiger partial charge on any atom is 0.321 e. The van der Waals surface area contributed by atoms with E-state index in [1.54, 1.807) is 0 Å². The second-order valence-corrected chi connectivity index (χ2v) is 7.21. The van der Waals surface area contributed by atoms with Gasteiger partial charge in [-0.2, -0.15) is 0 Å². The molecule has 0 aromatic heterocycles. The van der Waals surface area contributed by atoms with Gasteiger partial charge in [-0.3, -0.25) is 10.1 Å². The van der Waals surface area contributed by atoms with E-state index in [0.717, 1.165) is 0 Å². The number of imide groups is 1. The topological polar surface area (TPSA) is 74.8 Å². The third-order valence-corrected chi connectivity index (χ3v) is 3.92. The molecule has 0 radical (unpaired) electrons. The molecule has 3 amide bonds. The van der Waals surface area contributed by atoms with Crippen LogP contribution in [0, 0.1) is 5.92 Å². The number of nitrogens with two attached hydrogens (primary N) is 1. The van der Waals surface area contributed by atoms with Crippen LogP contribution in [-0.4, -0.2) is 25.5 Å². The molecule has 23 heavy (non-hydrogen) atoms. The molecule has 1 atom stereocenters. The lowest BCUT2D eigenvalue weighted by Gasteiger charge is -2.22. The first-order chi connectivity index (χ1) is 10.6. The predicted molar refractivity (Wildman–Crippen MR) is 92.1 cm³/mol. The van der Waals surface area contributed by atoms with Crippen molar-refractivity contribution in [3.63, 3.8) is 0 Å². The van der Waals surface area contributed by atoms with Gasteiger partial charge in [-0.25, -0.2) is 4.79 Å². The van der Waals surface area contributed by atoms with Gasteiger partial charge in [0.1, 0.15) is 6.04 Å². The smallest absolute Gasteiger partial charge is 0.321 e. The van der Waals surface area contributed by atoms with Crippen LogP contribution >= 0.6 is 0 Å². The zero-order chi connectivity index (χ0) is 17.6. The summed E-state index contributed by atoms with van der Waals surface area (Å²) in [6.45, 7) is 11.1. The fourth-order valence-electron chi connectivity index (χ4n) is 2.47. The number of carbonyl (C=O) groups excluding carboxylic acids is 2. The van der Waals surface area contributed by atoms with E-state index in [1.807, 2.05) is 5.32 Å². The average molecular weight is 320 g/mol. The highest BCUT2D eigenvalue weighted by Gasteiger charge is 2.22. The molecule has 0 saturated carbocycles. The van der Waals surface area contributed by atoms with Gasteiger partial charge in [0.15, 0.2) is 6.54 Å². The first kappa shape index (κ1) is 19.2. The van der Waals surface area contributed by atoms with Gasteiger partial charge in [0.2, 0.25) is 0 Å². The molecule has 4 N–H and O–H groups in total. The van der Waals surface area contributed by atoms with E-state index in [0.29, 0.717) is 5.92 Å². The van der Waals surface area contributed by atoms with Crippen molar-refractivity contribution in [3.8, 4) is 0 Å². The Morgan fingerprint density at radius 2 is 1.70 bits per heavy atom. The van der Waals surface area contributed by atoms with Crippen LogP contribution in [0.3, 0.4) is 0 Å². The molecule has 5 nitrogen and oxygen atoms in total. The Morgan fingerprint density at radius 3 is 2.13 bits per heavy atom. The normalized spacial score (nSPS) is 12.8. The van der Waals surface area contributed by atoms with Crippen molar-refractivity contribution in [2.24, 2.45) is 5.92 Å². The second kappa shape index (κ2) is 8.11. The summed E-state index contributed by atoms with van der Waals surface area (Å²) in [4.78, 5) is 22.9. The third kappa shape index (κ3) is 6.02. The summed E-state index contributed by atoms with van der Waals surface area (Å²) in [7, 11) is 1.49. The molecule has 0 spiro atoms. The van der Waals surface area contributed by atoms with E-state index in [-0.39, 0.29) is 23.9 Å². The molecule has 0 aliphatic heterocycles. The van der Waals surface area contributed by atoms with Crippen molar-refractivity contribution in [1.82, 2.24) is 10.6 Å². The Hall–Kier alpha value is -1.88. The van der Waals surface area contributed by atoms with Gasteiger partial charge < -0.3 is 10.6 Å². The first-order valence-electron chi connectivity index (χ1n) is 8.10. The van der Waals surface area contributed by atoms with Crippen molar-refractivity contribution in [2.45, 2.75) is 46.1 Å². The van der Waals surface area contributed by atoms with Crippen molar-refractivity contribution in [3.05, 3.63) is 35.4 Å². The summed E-state index contributed by atoms with van der Waals surface area (Å²) in [6.07, 6.45) is 0. The fourth-order valence-corrected chi connectivity index (χ4v) is 2.47. The highest BCUT2D eigenvalue weighted by molar-refractivity contribution is 5.94. The lowest BCUT2D eigenvalue weighted by molar-refractivity contribution is -0.692. The van der Waals surface area contributed by atoms with E-state index in [2.05, 4.69) is 69.5 Å². The fraction of sp³-hybridized carbons (Fsp3) is 0.556. The molecule has 0 unspecified atom stereocenters. The van der Waals surface area contributed by atoms with Crippen molar-refractivity contribution in [1.29, 1.82) is 0 Å². The van der Waals surface area contributed by atoms with Crippen LogP contribution in [0.15, 0.2) is 24.3 Å². The van der Waals surface area contributed by atoms with Gasteiger partial charge in [-0.05, 0) is 11.0 Å². The summed E-state index contributed by atoms with van der Waals surface area (Å²) in [5, 5.41) is 6.64. The number of rotatable bonds is 5. The van der Waals surface area contributed by atoms with Crippen LogP contribution < -0.4 is 16.0 Å². The maximum absolute atomic E-state index is 11.8. The lowest BCUT2D eigenvalue weighted by atomic mass is 9.85. The number of quaternary nitrogens is 1. The quantitative estimate of drug-likeness (QED) is 0.772. The first-order valence-corrected chi connectivity index (χ1v) is 8.10. The summed E-state index contributed by atoms with van der Waals surface area (Å²) >= 11 is 0.